The van der Waals surface area contributed by atoms with E-state index in [0.717, 1.165) is 23.1 Å². The fraction of sp³-hybridized carbons (Fsp3) is 0.400. The molecule has 1 heterocycles. The molecule has 1 aromatic carbocycles. The van der Waals surface area contributed by atoms with Crippen LogP contribution in [0.4, 0.5) is 15.2 Å². The highest BCUT2D eigenvalue weighted by atomic mass is 32.1. The Labute approximate surface area is 123 Å². The Morgan fingerprint density at radius 1 is 1.25 bits per heavy atom. The van der Waals surface area contributed by atoms with Crippen molar-refractivity contribution in [2.45, 2.75) is 32.9 Å². The van der Waals surface area contributed by atoms with Crippen molar-refractivity contribution < 1.29 is 4.39 Å². The summed E-state index contributed by atoms with van der Waals surface area (Å²) in [7, 11) is 1.94. The van der Waals surface area contributed by atoms with Crippen LogP contribution in [0.2, 0.25) is 0 Å². The average Bonchev–Trinajstić information content (AvgIpc) is 2.84. The summed E-state index contributed by atoms with van der Waals surface area (Å²) in [6.45, 7) is 7.14. The summed E-state index contributed by atoms with van der Waals surface area (Å²) in [5, 5.41) is 6.37. The lowest BCUT2D eigenvalue weighted by Crippen LogP contribution is -2.35. The lowest BCUT2D eigenvalue weighted by atomic mass is 10.1. The molecule has 0 saturated carbocycles. The topological polar surface area (TPSA) is 28.2 Å². The van der Waals surface area contributed by atoms with E-state index in [1.807, 2.05) is 17.3 Å². The zero-order valence-corrected chi connectivity index (χ0v) is 13.1. The molecule has 0 aliphatic heterocycles. The van der Waals surface area contributed by atoms with Gasteiger partial charge in [-0.25, -0.2) is 9.37 Å². The van der Waals surface area contributed by atoms with Gasteiger partial charge in [0.1, 0.15) is 5.82 Å². The van der Waals surface area contributed by atoms with Crippen molar-refractivity contribution in [2.24, 2.45) is 0 Å². The Balaban J connectivity index is 2.06. The van der Waals surface area contributed by atoms with Gasteiger partial charge in [0.05, 0.1) is 5.69 Å². The van der Waals surface area contributed by atoms with Crippen LogP contribution in [0.15, 0.2) is 29.6 Å². The van der Waals surface area contributed by atoms with Gasteiger partial charge >= 0.3 is 0 Å². The van der Waals surface area contributed by atoms with Crippen LogP contribution in [0.3, 0.4) is 0 Å². The van der Waals surface area contributed by atoms with E-state index < -0.39 is 0 Å². The first-order valence-electron chi connectivity index (χ1n) is 6.54. The molecule has 0 radical (unpaired) electrons. The number of nitrogens with zero attached hydrogens (tertiary/aromatic N) is 2. The molecule has 2 aromatic rings. The van der Waals surface area contributed by atoms with Crippen LogP contribution in [-0.4, -0.2) is 17.6 Å². The number of benzene rings is 1. The predicted octanol–water partition coefficient (Wildman–Crippen LogP) is 3.94. The van der Waals surface area contributed by atoms with Crippen LogP contribution >= 0.6 is 11.3 Å². The van der Waals surface area contributed by atoms with Crippen molar-refractivity contribution in [3.05, 3.63) is 41.2 Å². The average molecular weight is 293 g/mol. The zero-order chi connectivity index (χ0) is 14.8. The number of rotatable bonds is 4. The lowest BCUT2D eigenvalue weighted by Gasteiger charge is -2.19. The Hall–Kier alpha value is -1.46. The standard InChI is InChI=1S/C15H20FN3S/c1-15(2,3)17-9-12-10-20-14(18-12)19(4)13-7-5-11(16)6-8-13/h5-8,10,17H,9H2,1-4H3. The van der Waals surface area contributed by atoms with Gasteiger partial charge in [0.25, 0.3) is 0 Å². The number of anilines is 2. The summed E-state index contributed by atoms with van der Waals surface area (Å²) in [5.41, 5.74) is 2.03. The normalized spacial score (nSPS) is 11.7. The first-order valence-corrected chi connectivity index (χ1v) is 7.42. The third-order valence-corrected chi connectivity index (χ3v) is 3.81. The molecule has 0 bridgehead atoms. The van der Waals surface area contributed by atoms with Gasteiger partial charge in [0.15, 0.2) is 5.13 Å². The van der Waals surface area contributed by atoms with E-state index >= 15 is 0 Å². The van der Waals surface area contributed by atoms with Gasteiger partial charge in [0, 0.05) is 30.2 Å². The molecule has 1 N–H and O–H groups in total. The quantitative estimate of drug-likeness (QED) is 0.925. The highest BCUT2D eigenvalue weighted by Crippen LogP contribution is 2.27. The lowest BCUT2D eigenvalue weighted by molar-refractivity contribution is 0.422. The van der Waals surface area contributed by atoms with Gasteiger partial charge in [-0.1, -0.05) is 0 Å². The second kappa shape index (κ2) is 5.89. The van der Waals surface area contributed by atoms with Crippen LogP contribution in [0.25, 0.3) is 0 Å². The van der Waals surface area contributed by atoms with Crippen LogP contribution in [-0.2, 0) is 6.54 Å². The van der Waals surface area contributed by atoms with Crippen molar-refractivity contribution in [3.63, 3.8) is 0 Å². The minimum Gasteiger partial charge on any atom is -0.321 e. The first-order chi connectivity index (χ1) is 9.35. The third kappa shape index (κ3) is 4.02. The minimum absolute atomic E-state index is 0.0760. The maximum Gasteiger partial charge on any atom is 0.189 e. The van der Waals surface area contributed by atoms with Crippen molar-refractivity contribution in [1.82, 2.24) is 10.3 Å². The van der Waals surface area contributed by atoms with E-state index in [0.29, 0.717) is 0 Å². The number of thiazole rings is 1. The van der Waals surface area contributed by atoms with Crippen molar-refractivity contribution >= 4 is 22.2 Å². The molecule has 0 aliphatic carbocycles. The molecule has 0 atom stereocenters. The summed E-state index contributed by atoms with van der Waals surface area (Å²) < 4.78 is 12.9. The molecule has 20 heavy (non-hydrogen) atoms. The highest BCUT2D eigenvalue weighted by Gasteiger charge is 2.12. The Morgan fingerprint density at radius 2 is 1.90 bits per heavy atom. The zero-order valence-electron chi connectivity index (χ0n) is 12.3. The molecule has 108 valence electrons. The van der Waals surface area contributed by atoms with Crippen LogP contribution < -0.4 is 10.2 Å². The molecule has 0 spiro atoms. The molecule has 0 unspecified atom stereocenters. The monoisotopic (exact) mass is 293 g/mol. The van der Waals surface area contributed by atoms with Gasteiger partial charge in [0.2, 0.25) is 0 Å². The predicted molar refractivity (Wildman–Crippen MR) is 83.2 cm³/mol. The van der Waals surface area contributed by atoms with Crippen LogP contribution in [0.5, 0.6) is 0 Å². The number of halogens is 1. The maximum atomic E-state index is 12.9. The molecule has 0 fully saturated rings. The van der Waals surface area contributed by atoms with Crippen LogP contribution in [0, 0.1) is 5.82 Å². The first kappa shape index (κ1) is 14.9. The molecule has 0 amide bonds. The number of hydrogen-bond donors (Lipinski definition) is 1. The smallest absolute Gasteiger partial charge is 0.189 e. The van der Waals surface area contributed by atoms with Gasteiger partial charge in [-0.2, -0.15) is 0 Å². The van der Waals surface area contributed by atoms with Gasteiger partial charge in [-0.3, -0.25) is 0 Å². The van der Waals surface area contributed by atoms with E-state index in [1.54, 1.807) is 23.5 Å². The summed E-state index contributed by atoms with van der Waals surface area (Å²) in [5.74, 6) is -0.226. The van der Waals surface area contributed by atoms with Gasteiger partial charge < -0.3 is 10.2 Å². The van der Waals surface area contributed by atoms with E-state index in [2.05, 4.69) is 31.1 Å². The Bertz CT molecular complexity index is 557. The maximum absolute atomic E-state index is 12.9. The molecule has 3 nitrogen and oxygen atoms in total. The summed E-state index contributed by atoms with van der Waals surface area (Å²) >= 11 is 1.59. The van der Waals surface area contributed by atoms with Crippen molar-refractivity contribution in [3.8, 4) is 0 Å². The summed E-state index contributed by atoms with van der Waals surface area (Å²) in [6.07, 6.45) is 0. The molecule has 0 saturated heterocycles. The fourth-order valence-electron chi connectivity index (χ4n) is 1.66. The van der Waals surface area contributed by atoms with Crippen molar-refractivity contribution in [1.29, 1.82) is 0 Å². The molecule has 5 heteroatoms. The molecule has 1 aromatic heterocycles. The van der Waals surface area contributed by atoms with E-state index in [9.17, 15) is 4.39 Å². The fourth-order valence-corrected chi connectivity index (χ4v) is 2.47. The summed E-state index contributed by atoms with van der Waals surface area (Å²) in [6, 6.07) is 6.43. The Kier molecular flexibility index (Phi) is 4.40. The third-order valence-electron chi connectivity index (χ3n) is 2.84. The second-order valence-electron chi connectivity index (χ2n) is 5.76. The number of hydrogen-bond acceptors (Lipinski definition) is 4. The summed E-state index contributed by atoms with van der Waals surface area (Å²) in [4.78, 5) is 6.56. The van der Waals surface area contributed by atoms with Crippen molar-refractivity contribution in [2.75, 3.05) is 11.9 Å². The van der Waals surface area contributed by atoms with E-state index in [-0.39, 0.29) is 11.4 Å². The molecular formula is C15H20FN3S. The van der Waals surface area contributed by atoms with Crippen LogP contribution in [0.1, 0.15) is 26.5 Å². The Morgan fingerprint density at radius 3 is 2.50 bits per heavy atom. The van der Waals surface area contributed by atoms with Gasteiger partial charge in [-0.15, -0.1) is 11.3 Å². The SMILES string of the molecule is CN(c1ccc(F)cc1)c1nc(CNC(C)(C)C)cs1. The minimum atomic E-state index is -0.226. The number of nitrogens with one attached hydrogen (secondary N) is 1. The number of aromatic nitrogens is 1. The molecular weight excluding hydrogens is 273 g/mol. The van der Waals surface area contributed by atoms with E-state index in [4.69, 9.17) is 0 Å². The highest BCUT2D eigenvalue weighted by molar-refractivity contribution is 7.13. The second-order valence-corrected chi connectivity index (χ2v) is 6.60. The largest absolute Gasteiger partial charge is 0.321 e. The molecule has 0 aliphatic rings. The van der Waals surface area contributed by atoms with Gasteiger partial charge in [-0.05, 0) is 45.0 Å². The molecule has 2 rings (SSSR count). The van der Waals surface area contributed by atoms with E-state index in [1.165, 1.54) is 12.1 Å².